The van der Waals surface area contributed by atoms with Crippen molar-refractivity contribution in [2.45, 2.75) is 24.2 Å². The summed E-state index contributed by atoms with van der Waals surface area (Å²) in [6.07, 6.45) is 1.80. The van der Waals surface area contributed by atoms with E-state index in [0.717, 1.165) is 16.4 Å². The molecule has 1 aromatic rings. The third-order valence-corrected chi connectivity index (χ3v) is 4.58. The van der Waals surface area contributed by atoms with Gasteiger partial charge < -0.3 is 5.11 Å². The summed E-state index contributed by atoms with van der Waals surface area (Å²) in [5.41, 5.74) is 0. The van der Waals surface area contributed by atoms with Crippen LogP contribution in [0.3, 0.4) is 0 Å². The first-order chi connectivity index (χ1) is 8.89. The van der Waals surface area contributed by atoms with Crippen LogP contribution in [-0.2, 0) is 10.0 Å². The Balaban J connectivity index is 2.82. The highest BCUT2D eigenvalue weighted by Gasteiger charge is 2.24. The number of nitrogens with zero attached hydrogens (tertiary/aromatic N) is 1. The van der Waals surface area contributed by atoms with Crippen LogP contribution in [-0.4, -0.2) is 38.0 Å². The van der Waals surface area contributed by atoms with Gasteiger partial charge in [0.2, 0.25) is 10.0 Å². The van der Waals surface area contributed by atoms with Crippen molar-refractivity contribution in [2.75, 3.05) is 20.2 Å². The largest absolute Gasteiger partial charge is 0.396 e. The molecular weight excluding hydrogens is 276 g/mol. The van der Waals surface area contributed by atoms with Crippen molar-refractivity contribution in [3.05, 3.63) is 29.8 Å². The standard InChI is InChI=1S/C12H17F2NO3S/c1-15(7-3-2-4-8-16)19(17,18)12-9-10(13)5-6-11(12)14/h5-6,9,16H,2-4,7-8H2,1H3. The maximum absolute atomic E-state index is 13.5. The van der Waals surface area contributed by atoms with E-state index in [1.807, 2.05) is 0 Å². The second-order valence-electron chi connectivity index (χ2n) is 4.19. The Bertz CT molecular complexity index is 520. The summed E-state index contributed by atoms with van der Waals surface area (Å²) in [6.45, 7) is 0.243. The van der Waals surface area contributed by atoms with E-state index in [9.17, 15) is 17.2 Å². The van der Waals surface area contributed by atoms with Crippen molar-refractivity contribution in [2.24, 2.45) is 0 Å². The van der Waals surface area contributed by atoms with Gasteiger partial charge in [0, 0.05) is 20.2 Å². The molecule has 0 atom stereocenters. The van der Waals surface area contributed by atoms with Crippen LogP contribution in [0.4, 0.5) is 8.78 Å². The summed E-state index contributed by atoms with van der Waals surface area (Å²) in [4.78, 5) is -0.655. The monoisotopic (exact) mass is 293 g/mol. The fraction of sp³-hybridized carbons (Fsp3) is 0.500. The molecule has 4 nitrogen and oxygen atoms in total. The number of hydrogen-bond acceptors (Lipinski definition) is 3. The van der Waals surface area contributed by atoms with Crippen molar-refractivity contribution < 1.29 is 22.3 Å². The van der Waals surface area contributed by atoms with Crippen molar-refractivity contribution in [3.8, 4) is 0 Å². The summed E-state index contributed by atoms with van der Waals surface area (Å²) < 4.78 is 51.5. The molecule has 0 fully saturated rings. The predicted molar refractivity (Wildman–Crippen MR) is 67.1 cm³/mol. The quantitative estimate of drug-likeness (QED) is 0.779. The summed E-state index contributed by atoms with van der Waals surface area (Å²) in [7, 11) is -2.71. The molecule has 19 heavy (non-hydrogen) atoms. The molecule has 0 unspecified atom stereocenters. The van der Waals surface area contributed by atoms with Gasteiger partial charge >= 0.3 is 0 Å². The van der Waals surface area contributed by atoms with Crippen LogP contribution in [0, 0.1) is 11.6 Å². The van der Waals surface area contributed by atoms with Gasteiger partial charge in [0.15, 0.2) is 0 Å². The Morgan fingerprint density at radius 1 is 1.21 bits per heavy atom. The third kappa shape index (κ3) is 4.22. The predicted octanol–water partition coefficient (Wildman–Crippen LogP) is 1.75. The Hall–Kier alpha value is -1.05. The van der Waals surface area contributed by atoms with Gasteiger partial charge in [0.05, 0.1) is 0 Å². The first kappa shape index (κ1) is 16.0. The molecule has 0 aliphatic heterocycles. The SMILES string of the molecule is CN(CCCCCO)S(=O)(=O)c1cc(F)ccc1F. The smallest absolute Gasteiger partial charge is 0.245 e. The van der Waals surface area contributed by atoms with Crippen LogP contribution in [0.1, 0.15) is 19.3 Å². The second kappa shape index (κ2) is 6.93. The fourth-order valence-corrected chi connectivity index (χ4v) is 2.87. The van der Waals surface area contributed by atoms with Gasteiger partial charge in [0.25, 0.3) is 0 Å². The highest BCUT2D eigenvalue weighted by atomic mass is 32.2. The molecule has 0 aromatic heterocycles. The van der Waals surface area contributed by atoms with E-state index in [4.69, 9.17) is 5.11 Å². The van der Waals surface area contributed by atoms with Crippen LogP contribution < -0.4 is 0 Å². The maximum atomic E-state index is 13.5. The Morgan fingerprint density at radius 3 is 2.53 bits per heavy atom. The molecule has 1 rings (SSSR count). The van der Waals surface area contributed by atoms with E-state index in [-0.39, 0.29) is 13.2 Å². The minimum atomic E-state index is -4.02. The number of aliphatic hydroxyl groups is 1. The number of sulfonamides is 1. The molecule has 0 amide bonds. The Labute approximate surface area is 111 Å². The molecular formula is C12H17F2NO3S. The zero-order valence-corrected chi connectivity index (χ0v) is 11.5. The zero-order chi connectivity index (χ0) is 14.5. The van der Waals surface area contributed by atoms with Gasteiger partial charge in [-0.15, -0.1) is 0 Å². The molecule has 0 saturated heterocycles. The number of unbranched alkanes of at least 4 members (excludes halogenated alkanes) is 2. The second-order valence-corrected chi connectivity index (χ2v) is 6.20. The van der Waals surface area contributed by atoms with Gasteiger partial charge in [0.1, 0.15) is 16.5 Å². The lowest BCUT2D eigenvalue weighted by atomic mass is 10.2. The number of rotatable bonds is 7. The van der Waals surface area contributed by atoms with Gasteiger partial charge in [-0.05, 0) is 37.5 Å². The van der Waals surface area contributed by atoms with Crippen molar-refractivity contribution in [3.63, 3.8) is 0 Å². The van der Waals surface area contributed by atoms with E-state index >= 15 is 0 Å². The molecule has 7 heteroatoms. The topological polar surface area (TPSA) is 57.6 Å². The fourth-order valence-electron chi connectivity index (χ4n) is 1.59. The Kier molecular flexibility index (Phi) is 5.84. The highest BCUT2D eigenvalue weighted by molar-refractivity contribution is 7.89. The van der Waals surface area contributed by atoms with Gasteiger partial charge in [-0.3, -0.25) is 0 Å². The van der Waals surface area contributed by atoms with E-state index in [1.54, 1.807) is 0 Å². The van der Waals surface area contributed by atoms with Gasteiger partial charge in [-0.2, -0.15) is 0 Å². The summed E-state index contributed by atoms with van der Waals surface area (Å²) in [5.74, 6) is -1.77. The van der Waals surface area contributed by atoms with E-state index in [2.05, 4.69) is 0 Å². The van der Waals surface area contributed by atoms with Crippen LogP contribution in [0.2, 0.25) is 0 Å². The van der Waals surface area contributed by atoms with Crippen LogP contribution in [0.15, 0.2) is 23.1 Å². The minimum Gasteiger partial charge on any atom is -0.396 e. The van der Waals surface area contributed by atoms with Crippen molar-refractivity contribution >= 4 is 10.0 Å². The molecule has 0 aliphatic carbocycles. The Morgan fingerprint density at radius 2 is 1.89 bits per heavy atom. The number of aliphatic hydroxyl groups excluding tert-OH is 1. The molecule has 1 aromatic carbocycles. The lowest BCUT2D eigenvalue weighted by Gasteiger charge is -2.17. The third-order valence-electron chi connectivity index (χ3n) is 2.71. The van der Waals surface area contributed by atoms with Crippen molar-refractivity contribution in [1.29, 1.82) is 0 Å². The molecule has 0 heterocycles. The van der Waals surface area contributed by atoms with E-state index in [0.29, 0.717) is 25.3 Å². The van der Waals surface area contributed by atoms with Gasteiger partial charge in [-0.1, -0.05) is 0 Å². The summed E-state index contributed by atoms with van der Waals surface area (Å²) >= 11 is 0. The molecule has 0 bridgehead atoms. The van der Waals surface area contributed by atoms with Crippen LogP contribution in [0.25, 0.3) is 0 Å². The number of halogens is 2. The van der Waals surface area contributed by atoms with Gasteiger partial charge in [-0.25, -0.2) is 21.5 Å². The molecule has 0 radical (unpaired) electrons. The molecule has 0 aliphatic rings. The zero-order valence-electron chi connectivity index (χ0n) is 10.6. The minimum absolute atomic E-state index is 0.0506. The first-order valence-corrected chi connectivity index (χ1v) is 7.36. The maximum Gasteiger partial charge on any atom is 0.245 e. The van der Waals surface area contributed by atoms with E-state index < -0.39 is 26.6 Å². The summed E-state index contributed by atoms with van der Waals surface area (Å²) in [5, 5.41) is 8.61. The van der Waals surface area contributed by atoms with Crippen LogP contribution >= 0.6 is 0 Å². The lowest BCUT2D eigenvalue weighted by Crippen LogP contribution is -2.28. The lowest BCUT2D eigenvalue weighted by molar-refractivity contribution is 0.281. The highest BCUT2D eigenvalue weighted by Crippen LogP contribution is 2.19. The molecule has 0 saturated carbocycles. The van der Waals surface area contributed by atoms with Crippen molar-refractivity contribution in [1.82, 2.24) is 4.31 Å². The molecule has 1 N–H and O–H groups in total. The molecule has 0 spiro atoms. The van der Waals surface area contributed by atoms with Crippen LogP contribution in [0.5, 0.6) is 0 Å². The molecule has 108 valence electrons. The summed E-state index contributed by atoms with van der Waals surface area (Å²) in [6, 6.07) is 2.34. The average molecular weight is 293 g/mol. The van der Waals surface area contributed by atoms with E-state index in [1.165, 1.54) is 7.05 Å². The average Bonchev–Trinajstić information content (AvgIpc) is 2.37. The number of hydrogen-bond donors (Lipinski definition) is 1. The first-order valence-electron chi connectivity index (χ1n) is 5.92. The number of benzene rings is 1. The normalized spacial score (nSPS) is 12.1.